The summed E-state index contributed by atoms with van der Waals surface area (Å²) in [6, 6.07) is 14.4. The highest BCUT2D eigenvalue weighted by Crippen LogP contribution is 2.35. The number of hydrogen-bond acceptors (Lipinski definition) is 3. The van der Waals surface area contributed by atoms with Crippen LogP contribution in [-0.2, 0) is 11.3 Å². The van der Waals surface area contributed by atoms with Crippen molar-refractivity contribution in [1.82, 2.24) is 4.90 Å². The van der Waals surface area contributed by atoms with Gasteiger partial charge in [-0.3, -0.25) is 9.69 Å². The fourth-order valence-electron chi connectivity index (χ4n) is 3.12. The zero-order valence-electron chi connectivity index (χ0n) is 15.2. The number of hydrogen-bond donors (Lipinski definition) is 1. The van der Waals surface area contributed by atoms with E-state index in [1.807, 2.05) is 24.3 Å². The predicted octanol–water partition coefficient (Wildman–Crippen LogP) is 4.07. The van der Waals surface area contributed by atoms with Crippen LogP contribution in [0.3, 0.4) is 0 Å². The molecular formula is C21H25FN2O2. The fourth-order valence-corrected chi connectivity index (χ4v) is 3.12. The minimum atomic E-state index is -0.419. The van der Waals surface area contributed by atoms with Crippen molar-refractivity contribution >= 4 is 11.6 Å². The molecule has 3 rings (SSSR count). The highest BCUT2D eigenvalue weighted by Gasteiger charge is 2.32. The Labute approximate surface area is 154 Å². The molecular weight excluding hydrogens is 331 g/mol. The minimum Gasteiger partial charge on any atom is -0.497 e. The summed E-state index contributed by atoms with van der Waals surface area (Å²) in [5.41, 5.74) is 1.35. The van der Waals surface area contributed by atoms with E-state index in [1.165, 1.54) is 18.9 Å². The Morgan fingerprint density at radius 2 is 1.92 bits per heavy atom. The molecule has 1 fully saturated rings. The molecule has 0 aromatic heterocycles. The molecule has 0 aliphatic heterocycles. The number of halogens is 1. The zero-order valence-corrected chi connectivity index (χ0v) is 15.2. The second-order valence-electron chi connectivity index (χ2n) is 6.86. The third kappa shape index (κ3) is 4.82. The first kappa shape index (κ1) is 18.4. The van der Waals surface area contributed by atoms with E-state index in [0.717, 1.165) is 11.3 Å². The van der Waals surface area contributed by atoms with E-state index in [9.17, 15) is 9.18 Å². The van der Waals surface area contributed by atoms with Gasteiger partial charge >= 0.3 is 0 Å². The molecule has 0 spiro atoms. The first-order chi connectivity index (χ1) is 12.6. The Morgan fingerprint density at radius 3 is 2.54 bits per heavy atom. The number of rotatable bonds is 8. The van der Waals surface area contributed by atoms with E-state index < -0.39 is 5.82 Å². The lowest BCUT2D eigenvalue weighted by Crippen LogP contribution is -2.40. The number of nitrogens with one attached hydrogen (secondary N) is 1. The second-order valence-corrected chi connectivity index (χ2v) is 6.86. The van der Waals surface area contributed by atoms with Crippen molar-refractivity contribution in [3.63, 3.8) is 0 Å². The van der Waals surface area contributed by atoms with Crippen LogP contribution in [0.4, 0.5) is 10.1 Å². The molecule has 1 amide bonds. The third-order valence-corrected chi connectivity index (χ3v) is 4.92. The normalized spacial score (nSPS) is 14.9. The minimum absolute atomic E-state index is 0.198. The first-order valence-electron chi connectivity index (χ1n) is 8.98. The monoisotopic (exact) mass is 356 g/mol. The van der Waals surface area contributed by atoms with Crippen molar-refractivity contribution in [3.8, 4) is 5.75 Å². The van der Waals surface area contributed by atoms with Gasteiger partial charge in [0, 0.05) is 12.6 Å². The molecule has 138 valence electrons. The van der Waals surface area contributed by atoms with Crippen LogP contribution in [0.1, 0.15) is 25.3 Å². The summed E-state index contributed by atoms with van der Waals surface area (Å²) in [5.74, 6) is 0.830. The summed E-state index contributed by atoms with van der Waals surface area (Å²) in [6.45, 7) is 3.07. The Hall–Kier alpha value is -2.40. The smallest absolute Gasteiger partial charge is 0.238 e. The number of benzene rings is 2. The highest BCUT2D eigenvalue weighted by atomic mass is 19.1. The molecule has 0 unspecified atom stereocenters. The topological polar surface area (TPSA) is 41.6 Å². The molecule has 2 aromatic carbocycles. The van der Waals surface area contributed by atoms with Crippen molar-refractivity contribution in [2.75, 3.05) is 19.0 Å². The maximum atomic E-state index is 13.8. The van der Waals surface area contributed by atoms with Gasteiger partial charge in [0.15, 0.2) is 0 Å². The van der Waals surface area contributed by atoms with Gasteiger partial charge in [0.25, 0.3) is 0 Å². The molecule has 0 saturated heterocycles. The number of amides is 1. The third-order valence-electron chi connectivity index (χ3n) is 4.92. The Morgan fingerprint density at radius 1 is 1.23 bits per heavy atom. The van der Waals surface area contributed by atoms with Gasteiger partial charge in [-0.2, -0.15) is 0 Å². The summed E-state index contributed by atoms with van der Waals surface area (Å²) >= 11 is 0. The van der Waals surface area contributed by atoms with Crippen molar-refractivity contribution in [1.29, 1.82) is 0 Å². The number of methoxy groups -OCH3 is 1. The Kier molecular flexibility index (Phi) is 5.89. The SMILES string of the molecule is COc1ccc(CN(CC(=O)Nc2ccccc2F)[C@@H](C)C2CC2)cc1. The van der Waals surface area contributed by atoms with Gasteiger partial charge in [-0.05, 0) is 55.5 Å². The zero-order chi connectivity index (χ0) is 18.5. The molecule has 1 saturated carbocycles. The standard InChI is InChI=1S/C21H25FN2O2/c1-15(17-9-10-17)24(13-16-7-11-18(26-2)12-8-16)14-21(25)23-20-6-4-3-5-19(20)22/h3-8,11-12,15,17H,9-10,13-14H2,1-2H3,(H,23,25)/t15-/m0/s1. The molecule has 5 heteroatoms. The molecule has 0 bridgehead atoms. The number of para-hydroxylation sites is 1. The van der Waals surface area contributed by atoms with E-state index in [0.29, 0.717) is 18.5 Å². The highest BCUT2D eigenvalue weighted by molar-refractivity contribution is 5.92. The summed E-state index contributed by atoms with van der Waals surface area (Å²) in [6.07, 6.45) is 2.41. The molecule has 1 aliphatic rings. The van der Waals surface area contributed by atoms with Crippen molar-refractivity contribution in [2.24, 2.45) is 5.92 Å². The first-order valence-corrected chi connectivity index (χ1v) is 8.98. The molecule has 2 aromatic rings. The quantitative estimate of drug-likeness (QED) is 0.775. The molecule has 26 heavy (non-hydrogen) atoms. The van der Waals surface area contributed by atoms with Gasteiger partial charge in [0.1, 0.15) is 11.6 Å². The Balaban J connectivity index is 1.67. The summed E-state index contributed by atoms with van der Waals surface area (Å²) in [4.78, 5) is 14.6. The maximum Gasteiger partial charge on any atom is 0.238 e. The molecule has 4 nitrogen and oxygen atoms in total. The number of anilines is 1. The second kappa shape index (κ2) is 8.32. The van der Waals surface area contributed by atoms with Crippen LogP contribution in [0, 0.1) is 11.7 Å². The lowest BCUT2D eigenvalue weighted by molar-refractivity contribution is -0.118. The maximum absolute atomic E-state index is 13.8. The molecule has 0 radical (unpaired) electrons. The van der Waals surface area contributed by atoms with Crippen LogP contribution in [0.15, 0.2) is 48.5 Å². The number of carbonyl (C=O) groups is 1. The van der Waals surface area contributed by atoms with Gasteiger partial charge in [0.2, 0.25) is 5.91 Å². The lowest BCUT2D eigenvalue weighted by Gasteiger charge is -2.29. The summed E-state index contributed by atoms with van der Waals surface area (Å²) in [5, 5.41) is 2.68. The molecule has 1 atom stereocenters. The van der Waals surface area contributed by atoms with E-state index in [2.05, 4.69) is 17.1 Å². The average Bonchev–Trinajstić information content (AvgIpc) is 3.48. The summed E-state index contributed by atoms with van der Waals surface area (Å²) in [7, 11) is 1.64. The summed E-state index contributed by atoms with van der Waals surface area (Å²) < 4.78 is 19.0. The van der Waals surface area contributed by atoms with Crippen molar-refractivity contribution < 1.29 is 13.9 Å². The van der Waals surface area contributed by atoms with E-state index in [4.69, 9.17) is 4.74 Å². The van der Waals surface area contributed by atoms with Gasteiger partial charge in [-0.1, -0.05) is 24.3 Å². The van der Waals surface area contributed by atoms with Crippen LogP contribution in [0.5, 0.6) is 5.75 Å². The lowest BCUT2D eigenvalue weighted by atomic mass is 10.1. The average molecular weight is 356 g/mol. The van der Waals surface area contributed by atoms with E-state index >= 15 is 0 Å². The fraction of sp³-hybridized carbons (Fsp3) is 0.381. The molecule has 1 aliphatic carbocycles. The number of nitrogens with zero attached hydrogens (tertiary/aromatic N) is 1. The van der Waals surface area contributed by atoms with Crippen LogP contribution >= 0.6 is 0 Å². The van der Waals surface area contributed by atoms with Crippen molar-refractivity contribution in [3.05, 3.63) is 59.9 Å². The Bertz CT molecular complexity index is 744. The van der Waals surface area contributed by atoms with Gasteiger partial charge < -0.3 is 10.1 Å². The van der Waals surface area contributed by atoms with Crippen LogP contribution in [-0.4, -0.2) is 30.5 Å². The predicted molar refractivity (Wildman–Crippen MR) is 101 cm³/mol. The van der Waals surface area contributed by atoms with Gasteiger partial charge in [-0.25, -0.2) is 4.39 Å². The molecule has 0 heterocycles. The number of carbonyl (C=O) groups excluding carboxylic acids is 1. The molecule has 1 N–H and O–H groups in total. The van der Waals surface area contributed by atoms with Crippen LogP contribution < -0.4 is 10.1 Å². The van der Waals surface area contributed by atoms with Crippen molar-refractivity contribution in [2.45, 2.75) is 32.4 Å². The van der Waals surface area contributed by atoms with Gasteiger partial charge in [-0.15, -0.1) is 0 Å². The van der Waals surface area contributed by atoms with E-state index in [-0.39, 0.29) is 18.1 Å². The van der Waals surface area contributed by atoms with E-state index in [1.54, 1.807) is 25.3 Å². The van der Waals surface area contributed by atoms with Crippen LogP contribution in [0.25, 0.3) is 0 Å². The van der Waals surface area contributed by atoms with Crippen LogP contribution in [0.2, 0.25) is 0 Å². The number of ether oxygens (including phenoxy) is 1. The largest absolute Gasteiger partial charge is 0.497 e. The van der Waals surface area contributed by atoms with Gasteiger partial charge in [0.05, 0.1) is 19.3 Å².